The molecule has 0 aliphatic rings. The third-order valence-electron chi connectivity index (χ3n) is 3.30. The van der Waals surface area contributed by atoms with Gasteiger partial charge in [-0.25, -0.2) is 9.37 Å². The standard InChI is InChI=1S/C16H13FN2O/c1-11-2-4-12(5-3-11)8-14-15(10-20)19-9-13(17)6-7-16(19)18-14/h2-7,9-10H,8H2,1H3. The molecule has 0 unspecified atom stereocenters. The molecule has 0 radical (unpaired) electrons. The van der Waals surface area contributed by atoms with Crippen LogP contribution in [0.2, 0.25) is 0 Å². The minimum atomic E-state index is -0.389. The number of nitrogens with zero attached hydrogens (tertiary/aromatic N) is 2. The minimum absolute atomic E-state index is 0.389. The van der Waals surface area contributed by atoms with E-state index in [2.05, 4.69) is 4.98 Å². The number of hydrogen-bond acceptors (Lipinski definition) is 2. The lowest BCUT2D eigenvalue weighted by Crippen LogP contribution is -1.97. The first-order valence-electron chi connectivity index (χ1n) is 6.34. The summed E-state index contributed by atoms with van der Waals surface area (Å²) in [5.74, 6) is -0.389. The van der Waals surface area contributed by atoms with Crippen LogP contribution in [0.3, 0.4) is 0 Å². The van der Waals surface area contributed by atoms with E-state index in [4.69, 9.17) is 0 Å². The van der Waals surface area contributed by atoms with Crippen LogP contribution in [0.15, 0.2) is 42.6 Å². The number of aromatic nitrogens is 2. The smallest absolute Gasteiger partial charge is 0.168 e. The normalized spacial score (nSPS) is 10.9. The number of rotatable bonds is 3. The first-order valence-corrected chi connectivity index (χ1v) is 6.34. The third kappa shape index (κ3) is 2.20. The van der Waals surface area contributed by atoms with Crippen LogP contribution in [0.5, 0.6) is 0 Å². The average molecular weight is 268 g/mol. The van der Waals surface area contributed by atoms with Gasteiger partial charge in [-0.05, 0) is 24.6 Å². The lowest BCUT2D eigenvalue weighted by molar-refractivity contribution is 0.111. The molecule has 20 heavy (non-hydrogen) atoms. The van der Waals surface area contributed by atoms with Gasteiger partial charge in [0.1, 0.15) is 17.2 Å². The van der Waals surface area contributed by atoms with Gasteiger partial charge in [-0.2, -0.15) is 0 Å². The number of aldehydes is 1. The molecule has 0 aliphatic heterocycles. The highest BCUT2D eigenvalue weighted by atomic mass is 19.1. The van der Waals surface area contributed by atoms with Crippen LogP contribution in [0.1, 0.15) is 27.3 Å². The van der Waals surface area contributed by atoms with Gasteiger partial charge in [0.2, 0.25) is 0 Å². The molecule has 0 fully saturated rings. The Labute approximate surface area is 115 Å². The summed E-state index contributed by atoms with van der Waals surface area (Å²) in [5, 5.41) is 0. The summed E-state index contributed by atoms with van der Waals surface area (Å²) in [5.41, 5.74) is 3.90. The van der Waals surface area contributed by atoms with Crippen molar-refractivity contribution in [2.75, 3.05) is 0 Å². The molecule has 3 nitrogen and oxygen atoms in total. The van der Waals surface area contributed by atoms with Gasteiger partial charge in [-0.1, -0.05) is 29.8 Å². The number of carbonyl (C=O) groups is 1. The molecular formula is C16H13FN2O. The van der Waals surface area contributed by atoms with Gasteiger partial charge in [0.05, 0.1) is 5.69 Å². The summed E-state index contributed by atoms with van der Waals surface area (Å²) in [4.78, 5) is 15.7. The molecule has 3 rings (SSSR count). The molecule has 2 aromatic heterocycles. The number of pyridine rings is 1. The van der Waals surface area contributed by atoms with E-state index in [1.807, 2.05) is 31.2 Å². The maximum atomic E-state index is 13.3. The number of halogens is 1. The highest BCUT2D eigenvalue weighted by Gasteiger charge is 2.12. The van der Waals surface area contributed by atoms with Gasteiger partial charge in [-0.3, -0.25) is 9.20 Å². The Kier molecular flexibility index (Phi) is 3.06. The molecule has 0 saturated carbocycles. The molecule has 0 aliphatic carbocycles. The average Bonchev–Trinajstić information content (AvgIpc) is 2.78. The van der Waals surface area contributed by atoms with E-state index in [9.17, 15) is 9.18 Å². The van der Waals surface area contributed by atoms with E-state index in [0.29, 0.717) is 23.5 Å². The molecule has 0 bridgehead atoms. The number of fused-ring (bicyclic) bond motifs is 1. The molecular weight excluding hydrogens is 255 g/mol. The fourth-order valence-electron chi connectivity index (χ4n) is 2.24. The van der Waals surface area contributed by atoms with Gasteiger partial charge in [0.15, 0.2) is 6.29 Å². The molecule has 1 aromatic carbocycles. The van der Waals surface area contributed by atoms with E-state index in [-0.39, 0.29) is 5.82 Å². The second kappa shape index (κ2) is 4.89. The summed E-state index contributed by atoms with van der Waals surface area (Å²) in [7, 11) is 0. The van der Waals surface area contributed by atoms with E-state index in [1.54, 1.807) is 6.07 Å². The van der Waals surface area contributed by atoms with Crippen molar-refractivity contribution in [3.63, 3.8) is 0 Å². The van der Waals surface area contributed by atoms with Gasteiger partial charge < -0.3 is 0 Å². The fourth-order valence-corrected chi connectivity index (χ4v) is 2.24. The molecule has 0 atom stereocenters. The Balaban J connectivity index is 2.06. The Bertz CT molecular complexity index is 775. The topological polar surface area (TPSA) is 34.4 Å². The summed E-state index contributed by atoms with van der Waals surface area (Å²) in [6, 6.07) is 11.0. The number of imidazole rings is 1. The Morgan fingerprint density at radius 3 is 2.65 bits per heavy atom. The maximum Gasteiger partial charge on any atom is 0.168 e. The summed E-state index contributed by atoms with van der Waals surface area (Å²) in [6.45, 7) is 2.02. The summed E-state index contributed by atoms with van der Waals surface area (Å²) >= 11 is 0. The van der Waals surface area contributed by atoms with E-state index < -0.39 is 0 Å². The van der Waals surface area contributed by atoms with Crippen LogP contribution in [0, 0.1) is 12.7 Å². The quantitative estimate of drug-likeness (QED) is 0.684. The SMILES string of the molecule is Cc1ccc(Cc2nc3ccc(F)cn3c2C=O)cc1. The van der Waals surface area contributed by atoms with Crippen molar-refractivity contribution in [3.8, 4) is 0 Å². The third-order valence-corrected chi connectivity index (χ3v) is 3.30. The van der Waals surface area contributed by atoms with Crippen molar-refractivity contribution in [1.29, 1.82) is 0 Å². The van der Waals surface area contributed by atoms with Gasteiger partial charge in [-0.15, -0.1) is 0 Å². The van der Waals surface area contributed by atoms with Crippen LogP contribution in [-0.2, 0) is 6.42 Å². The largest absolute Gasteiger partial charge is 0.296 e. The van der Waals surface area contributed by atoms with E-state index in [0.717, 1.165) is 11.8 Å². The first-order chi connectivity index (χ1) is 9.67. The Hall–Kier alpha value is -2.49. The monoisotopic (exact) mass is 268 g/mol. The highest BCUT2D eigenvalue weighted by Crippen LogP contribution is 2.16. The van der Waals surface area contributed by atoms with Crippen LogP contribution in [0.25, 0.3) is 5.65 Å². The lowest BCUT2D eigenvalue weighted by atomic mass is 10.1. The summed E-state index contributed by atoms with van der Waals surface area (Å²) < 4.78 is 14.8. The molecule has 0 saturated heterocycles. The van der Waals surface area contributed by atoms with Gasteiger partial charge >= 0.3 is 0 Å². The summed E-state index contributed by atoms with van der Waals surface area (Å²) in [6.07, 6.45) is 2.56. The number of carbonyl (C=O) groups excluding carboxylic acids is 1. The Morgan fingerprint density at radius 2 is 1.95 bits per heavy atom. The first kappa shape index (κ1) is 12.5. The van der Waals surface area contributed by atoms with Gasteiger partial charge in [0, 0.05) is 12.6 Å². The van der Waals surface area contributed by atoms with Crippen molar-refractivity contribution >= 4 is 11.9 Å². The van der Waals surface area contributed by atoms with Crippen LogP contribution in [0.4, 0.5) is 4.39 Å². The highest BCUT2D eigenvalue weighted by molar-refractivity contribution is 5.76. The lowest BCUT2D eigenvalue weighted by Gasteiger charge is -2.00. The number of benzene rings is 1. The van der Waals surface area contributed by atoms with Crippen molar-refractivity contribution in [3.05, 3.63) is 70.9 Å². The molecule has 2 heterocycles. The van der Waals surface area contributed by atoms with Crippen molar-refractivity contribution < 1.29 is 9.18 Å². The molecule has 0 spiro atoms. The number of hydrogen-bond donors (Lipinski definition) is 0. The molecule has 100 valence electrons. The minimum Gasteiger partial charge on any atom is -0.296 e. The molecule has 4 heteroatoms. The van der Waals surface area contributed by atoms with Gasteiger partial charge in [0.25, 0.3) is 0 Å². The van der Waals surface area contributed by atoms with Crippen molar-refractivity contribution in [2.45, 2.75) is 13.3 Å². The predicted molar refractivity (Wildman–Crippen MR) is 74.5 cm³/mol. The second-order valence-electron chi connectivity index (χ2n) is 4.80. The van der Waals surface area contributed by atoms with Crippen LogP contribution >= 0.6 is 0 Å². The maximum absolute atomic E-state index is 13.3. The van der Waals surface area contributed by atoms with E-state index in [1.165, 1.54) is 22.2 Å². The molecule has 3 aromatic rings. The molecule has 0 amide bonds. The van der Waals surface area contributed by atoms with Crippen molar-refractivity contribution in [2.24, 2.45) is 0 Å². The zero-order valence-corrected chi connectivity index (χ0v) is 11.0. The second-order valence-corrected chi connectivity index (χ2v) is 4.80. The van der Waals surface area contributed by atoms with E-state index >= 15 is 0 Å². The van der Waals surface area contributed by atoms with Crippen LogP contribution in [-0.4, -0.2) is 15.7 Å². The predicted octanol–water partition coefficient (Wildman–Crippen LogP) is 3.19. The zero-order valence-electron chi connectivity index (χ0n) is 11.0. The molecule has 0 N–H and O–H groups in total. The van der Waals surface area contributed by atoms with Crippen LogP contribution < -0.4 is 0 Å². The number of aryl methyl sites for hydroxylation is 1. The van der Waals surface area contributed by atoms with Crippen molar-refractivity contribution in [1.82, 2.24) is 9.38 Å². The zero-order chi connectivity index (χ0) is 14.1. The fraction of sp³-hybridized carbons (Fsp3) is 0.125. The Morgan fingerprint density at radius 1 is 1.20 bits per heavy atom.